The zero-order chi connectivity index (χ0) is 31.8. The van der Waals surface area contributed by atoms with Crippen molar-refractivity contribution in [1.29, 1.82) is 0 Å². The van der Waals surface area contributed by atoms with Crippen molar-refractivity contribution in [3.63, 3.8) is 0 Å². The molecule has 44 heavy (non-hydrogen) atoms. The van der Waals surface area contributed by atoms with Crippen molar-refractivity contribution in [2.75, 3.05) is 17.9 Å². The third-order valence-corrected chi connectivity index (χ3v) is 10.1. The lowest BCUT2D eigenvalue weighted by atomic mass is 9.82. The number of aryl methyl sites for hydroxylation is 2. The molecule has 10 heteroatoms. The minimum absolute atomic E-state index is 0.0424. The summed E-state index contributed by atoms with van der Waals surface area (Å²) in [5, 5.41) is 9.78. The van der Waals surface area contributed by atoms with Crippen LogP contribution < -0.4 is 9.46 Å². The fourth-order valence-corrected chi connectivity index (χ4v) is 7.58. The third kappa shape index (κ3) is 6.76. The summed E-state index contributed by atoms with van der Waals surface area (Å²) in [6, 6.07) is 11.8. The maximum atomic E-state index is 14.4. The van der Waals surface area contributed by atoms with Crippen molar-refractivity contribution in [3.05, 3.63) is 64.7 Å². The maximum Gasteiger partial charge on any atom is 0.264 e. The molecule has 1 aromatic heterocycles. The van der Waals surface area contributed by atoms with Gasteiger partial charge in [-0.15, -0.1) is 0 Å². The number of nitrogens with one attached hydrogen (secondary N) is 1. The van der Waals surface area contributed by atoms with E-state index in [9.17, 15) is 18.3 Å². The Hall–Kier alpha value is -3.50. The number of hydrogen-bond acceptors (Lipinski definition) is 7. The molecule has 1 atom stereocenters. The zero-order valence-electron chi connectivity index (χ0n) is 26.6. The molecule has 3 aromatic rings. The Morgan fingerprint density at radius 1 is 1.00 bits per heavy atom. The second-order valence-electron chi connectivity index (χ2n) is 13.5. The zero-order valence-corrected chi connectivity index (χ0v) is 27.4. The van der Waals surface area contributed by atoms with E-state index in [2.05, 4.69) is 30.5 Å². The monoisotopic (exact) mass is 620 g/mol. The Bertz CT molecular complexity index is 1620. The second-order valence-corrected chi connectivity index (χ2v) is 15.2. The van der Waals surface area contributed by atoms with E-state index >= 15 is 0 Å². The Labute approximate surface area is 261 Å². The van der Waals surface area contributed by atoms with Gasteiger partial charge >= 0.3 is 0 Å². The number of fused-ring (bicyclic) bond motifs is 4. The van der Waals surface area contributed by atoms with Gasteiger partial charge in [0.1, 0.15) is 6.61 Å². The van der Waals surface area contributed by atoms with Crippen LogP contribution in [-0.4, -0.2) is 59.6 Å². The SMILES string of the molecule is Cc1cccc(C)c1-c1nc2nc(c1C)OC[C@@H](CC(C)(C)C)N(C1CCC(CO)CC1)C(=O)c1cccc(c1)S(=O)(=O)N2. The standard InChI is InChI=1S/C34H44N4O5S/c1-21-9-7-10-22(2)29(21)30-23(3)31-36-33(35-30)37-44(41,42)28-12-8-11-25(17-28)32(40)38(26-15-13-24(19-39)14-16-26)27(20-43-31)18-34(4,5)6/h7-12,17,24,26-27,39H,13-16,18-20H2,1-6H3,(H,35,36,37)/t24?,26?,27-/m1/s1. The van der Waals surface area contributed by atoms with Crippen LogP contribution >= 0.6 is 0 Å². The van der Waals surface area contributed by atoms with Crippen molar-refractivity contribution in [1.82, 2.24) is 14.9 Å². The summed E-state index contributed by atoms with van der Waals surface area (Å²) < 4.78 is 36.4. The maximum absolute atomic E-state index is 14.4. The predicted molar refractivity (Wildman–Crippen MR) is 171 cm³/mol. The summed E-state index contributed by atoms with van der Waals surface area (Å²) in [5.74, 6) is 0.180. The molecule has 0 unspecified atom stereocenters. The number of anilines is 1. The molecule has 2 aliphatic rings. The number of benzene rings is 2. The number of aromatic nitrogens is 2. The number of carbonyl (C=O) groups excluding carboxylic acids is 1. The minimum Gasteiger partial charge on any atom is -0.475 e. The average molecular weight is 621 g/mol. The van der Waals surface area contributed by atoms with Gasteiger partial charge in [0.05, 0.1) is 16.6 Å². The molecule has 1 saturated carbocycles. The fraction of sp³-hybridized carbons (Fsp3) is 0.500. The van der Waals surface area contributed by atoms with Crippen LogP contribution in [0.3, 0.4) is 0 Å². The predicted octanol–water partition coefficient (Wildman–Crippen LogP) is 6.06. The number of aliphatic hydroxyl groups is 1. The largest absolute Gasteiger partial charge is 0.475 e. The van der Waals surface area contributed by atoms with E-state index in [1.165, 1.54) is 12.1 Å². The molecule has 2 heterocycles. The van der Waals surface area contributed by atoms with Crippen LogP contribution in [-0.2, 0) is 10.0 Å². The lowest BCUT2D eigenvalue weighted by molar-refractivity contribution is 0.0267. The molecule has 0 spiro atoms. The molecule has 236 valence electrons. The number of ether oxygens (including phenoxy) is 1. The van der Waals surface area contributed by atoms with Crippen molar-refractivity contribution in [2.24, 2.45) is 11.3 Å². The van der Waals surface area contributed by atoms with Crippen LogP contribution in [0.1, 0.15) is 79.9 Å². The lowest BCUT2D eigenvalue weighted by Gasteiger charge is -2.43. The van der Waals surface area contributed by atoms with Crippen molar-refractivity contribution in [2.45, 2.75) is 90.6 Å². The van der Waals surface area contributed by atoms with E-state index in [0.29, 0.717) is 23.2 Å². The molecule has 2 N–H and O–H groups in total. The first kappa shape index (κ1) is 31.9. The smallest absolute Gasteiger partial charge is 0.264 e. The number of amides is 1. The molecule has 2 aromatic carbocycles. The summed E-state index contributed by atoms with van der Waals surface area (Å²) in [7, 11) is -4.14. The number of carbonyl (C=O) groups is 1. The highest BCUT2D eigenvalue weighted by Crippen LogP contribution is 2.36. The van der Waals surface area contributed by atoms with E-state index in [0.717, 1.165) is 42.4 Å². The Balaban J connectivity index is 1.69. The summed E-state index contributed by atoms with van der Waals surface area (Å²) >= 11 is 0. The summed E-state index contributed by atoms with van der Waals surface area (Å²) in [5.41, 5.74) is 4.34. The number of rotatable bonds is 4. The highest BCUT2D eigenvalue weighted by atomic mass is 32.2. The number of hydrogen-bond donors (Lipinski definition) is 2. The van der Waals surface area contributed by atoms with E-state index in [4.69, 9.17) is 9.72 Å². The van der Waals surface area contributed by atoms with Crippen LogP contribution in [0.15, 0.2) is 47.4 Å². The van der Waals surface area contributed by atoms with Gasteiger partial charge in [-0.3, -0.25) is 4.79 Å². The summed E-state index contributed by atoms with van der Waals surface area (Å²) in [6.45, 7) is 12.6. The molecule has 1 fully saturated rings. The molecule has 9 nitrogen and oxygen atoms in total. The third-order valence-electron chi connectivity index (χ3n) is 8.79. The molecule has 5 rings (SSSR count). The number of aliphatic hydroxyl groups excluding tert-OH is 1. The van der Waals surface area contributed by atoms with Gasteiger partial charge in [-0.2, -0.15) is 4.98 Å². The van der Waals surface area contributed by atoms with E-state index in [1.807, 2.05) is 43.9 Å². The Morgan fingerprint density at radius 2 is 1.66 bits per heavy atom. The van der Waals surface area contributed by atoms with Crippen LogP contribution in [0, 0.1) is 32.1 Å². The molecule has 4 bridgehead atoms. The first-order valence-electron chi connectivity index (χ1n) is 15.4. The van der Waals surface area contributed by atoms with Crippen molar-refractivity contribution < 1.29 is 23.1 Å². The first-order chi connectivity index (χ1) is 20.8. The topological polar surface area (TPSA) is 122 Å². The number of nitrogens with zero attached hydrogens (tertiary/aromatic N) is 3. The highest BCUT2D eigenvalue weighted by Gasteiger charge is 2.37. The van der Waals surface area contributed by atoms with Crippen LogP contribution in [0.5, 0.6) is 5.88 Å². The Morgan fingerprint density at radius 3 is 2.30 bits per heavy atom. The van der Waals surface area contributed by atoms with Gasteiger partial charge in [0.25, 0.3) is 15.9 Å². The van der Waals surface area contributed by atoms with Crippen molar-refractivity contribution in [3.8, 4) is 17.1 Å². The molecule has 1 aliphatic heterocycles. The molecule has 1 aliphatic carbocycles. The van der Waals surface area contributed by atoms with Crippen LogP contribution in [0.4, 0.5) is 5.95 Å². The van der Waals surface area contributed by atoms with Gasteiger partial charge in [-0.1, -0.05) is 45.0 Å². The first-order valence-corrected chi connectivity index (χ1v) is 16.9. The number of sulfonamides is 1. The quantitative estimate of drug-likeness (QED) is 0.364. The minimum atomic E-state index is -4.14. The van der Waals surface area contributed by atoms with E-state index in [1.54, 1.807) is 12.1 Å². The van der Waals surface area contributed by atoms with E-state index < -0.39 is 10.0 Å². The highest BCUT2D eigenvalue weighted by molar-refractivity contribution is 7.92. The van der Waals surface area contributed by atoms with Gasteiger partial charge in [-0.25, -0.2) is 18.1 Å². The van der Waals surface area contributed by atoms with Gasteiger partial charge in [0, 0.05) is 29.3 Å². The summed E-state index contributed by atoms with van der Waals surface area (Å²) in [4.78, 5) is 25.6. The van der Waals surface area contributed by atoms with Crippen LogP contribution in [0.25, 0.3) is 11.3 Å². The molecule has 0 radical (unpaired) electrons. The van der Waals surface area contributed by atoms with Gasteiger partial charge < -0.3 is 14.7 Å². The lowest BCUT2D eigenvalue weighted by Crippen LogP contribution is -2.52. The van der Waals surface area contributed by atoms with Gasteiger partial charge in [-0.05, 0) is 93.5 Å². The van der Waals surface area contributed by atoms with Gasteiger partial charge in [0.2, 0.25) is 11.8 Å². The second kappa shape index (κ2) is 12.5. The van der Waals surface area contributed by atoms with Gasteiger partial charge in [0.15, 0.2) is 0 Å². The fourth-order valence-electron chi connectivity index (χ4n) is 6.59. The van der Waals surface area contributed by atoms with E-state index in [-0.39, 0.29) is 59.3 Å². The average Bonchev–Trinajstić information content (AvgIpc) is 2.97. The molecular formula is C34H44N4O5S. The molecule has 1 amide bonds. The Kier molecular flexibility index (Phi) is 9.05. The molecule has 0 saturated heterocycles. The van der Waals surface area contributed by atoms with Crippen LogP contribution in [0.2, 0.25) is 0 Å². The summed E-state index contributed by atoms with van der Waals surface area (Å²) in [6.07, 6.45) is 3.81. The normalized spacial score (nSPS) is 22.2. The van der Waals surface area contributed by atoms with Crippen molar-refractivity contribution >= 4 is 21.9 Å². The molecular weight excluding hydrogens is 576 g/mol.